The zero-order valence-electron chi connectivity index (χ0n) is 15.6. The van der Waals surface area contributed by atoms with Crippen LogP contribution < -0.4 is 5.32 Å². The van der Waals surface area contributed by atoms with E-state index in [1.165, 1.54) is 12.0 Å². The minimum Gasteiger partial charge on any atom is -0.468 e. The van der Waals surface area contributed by atoms with Crippen LogP contribution in [0.4, 0.5) is 4.79 Å². The summed E-state index contributed by atoms with van der Waals surface area (Å²) in [7, 11) is 1.29. The van der Waals surface area contributed by atoms with Gasteiger partial charge in [-0.05, 0) is 46.0 Å². The summed E-state index contributed by atoms with van der Waals surface area (Å²) in [6, 6.07) is 0. The average Bonchev–Trinajstić information content (AvgIpc) is 2.72. The maximum atomic E-state index is 12.8. The van der Waals surface area contributed by atoms with Gasteiger partial charge in [-0.1, -0.05) is 13.8 Å². The number of amides is 2. The minimum absolute atomic E-state index is 0.102. The first kappa shape index (κ1) is 20.3. The summed E-state index contributed by atoms with van der Waals surface area (Å²) in [5.74, 6) is -0.329. The maximum Gasteiger partial charge on any atom is 0.408 e. The Morgan fingerprint density at radius 1 is 1.33 bits per heavy atom. The van der Waals surface area contributed by atoms with Crippen LogP contribution in [0, 0.1) is 5.92 Å². The number of carbonyl (C=O) groups excluding carboxylic acids is 3. The Labute approximate surface area is 144 Å². The fourth-order valence-corrected chi connectivity index (χ4v) is 2.65. The number of likely N-dealkylation sites (tertiary alicyclic amines) is 1. The zero-order valence-corrected chi connectivity index (χ0v) is 15.6. The number of hydrogen-bond acceptors (Lipinski definition) is 5. The summed E-state index contributed by atoms with van der Waals surface area (Å²) >= 11 is 0. The average molecular weight is 342 g/mol. The van der Waals surface area contributed by atoms with Crippen LogP contribution in [-0.4, -0.2) is 54.2 Å². The lowest BCUT2D eigenvalue weighted by Crippen LogP contribution is -2.55. The lowest BCUT2D eigenvalue weighted by atomic mass is 9.88. The third-order valence-corrected chi connectivity index (χ3v) is 3.94. The number of hydrogen-bond donors (Lipinski definition) is 1. The lowest BCUT2D eigenvalue weighted by molar-refractivity contribution is -0.146. The molecule has 1 N–H and O–H groups in total. The molecule has 24 heavy (non-hydrogen) atoms. The first-order valence-corrected chi connectivity index (χ1v) is 8.36. The number of alkyl carbamates (subject to hydrolysis) is 1. The van der Waals surface area contributed by atoms with Crippen molar-refractivity contribution < 1.29 is 23.9 Å². The molecule has 138 valence electrons. The second-order valence-corrected chi connectivity index (χ2v) is 7.69. The topological polar surface area (TPSA) is 84.9 Å². The van der Waals surface area contributed by atoms with Crippen LogP contribution in [0.3, 0.4) is 0 Å². The van der Waals surface area contributed by atoms with Gasteiger partial charge in [0.05, 0.1) is 7.11 Å². The van der Waals surface area contributed by atoms with Gasteiger partial charge >= 0.3 is 12.1 Å². The Hall–Kier alpha value is -1.79. The second kappa shape index (κ2) is 7.85. The molecule has 2 amide bonds. The van der Waals surface area contributed by atoms with Crippen molar-refractivity contribution in [2.24, 2.45) is 5.92 Å². The number of methoxy groups -OCH3 is 1. The van der Waals surface area contributed by atoms with E-state index in [4.69, 9.17) is 4.74 Å². The van der Waals surface area contributed by atoms with Gasteiger partial charge in [-0.15, -0.1) is 0 Å². The maximum absolute atomic E-state index is 12.8. The molecule has 0 unspecified atom stereocenters. The first-order chi connectivity index (χ1) is 11.0. The number of ether oxygens (including phenoxy) is 2. The highest BCUT2D eigenvalue weighted by atomic mass is 16.6. The summed E-state index contributed by atoms with van der Waals surface area (Å²) < 4.78 is 9.93. The first-order valence-electron chi connectivity index (χ1n) is 8.36. The molecule has 1 rings (SSSR count). The predicted molar refractivity (Wildman–Crippen MR) is 89.4 cm³/mol. The van der Waals surface area contributed by atoms with E-state index in [1.54, 1.807) is 20.8 Å². The smallest absolute Gasteiger partial charge is 0.408 e. The van der Waals surface area contributed by atoms with Crippen LogP contribution >= 0.6 is 0 Å². The van der Waals surface area contributed by atoms with Crippen molar-refractivity contribution in [2.75, 3.05) is 20.2 Å². The molecule has 0 aromatic heterocycles. The molecule has 0 saturated carbocycles. The molecule has 0 radical (unpaired) electrons. The Morgan fingerprint density at radius 2 is 1.96 bits per heavy atom. The summed E-state index contributed by atoms with van der Waals surface area (Å²) in [5.41, 5.74) is -1.66. The monoisotopic (exact) mass is 342 g/mol. The summed E-state index contributed by atoms with van der Waals surface area (Å²) in [5, 5.41) is 2.77. The SMILES string of the molecule is COC(=O)CN1CC[C@@](CCC(C)C)(NC(=O)OC(C)(C)C)C1=O. The van der Waals surface area contributed by atoms with Gasteiger partial charge in [0.25, 0.3) is 0 Å². The van der Waals surface area contributed by atoms with Gasteiger partial charge in [0, 0.05) is 6.54 Å². The van der Waals surface area contributed by atoms with Crippen LogP contribution in [-0.2, 0) is 19.1 Å². The summed E-state index contributed by atoms with van der Waals surface area (Å²) in [4.78, 5) is 37.9. The zero-order chi connectivity index (χ0) is 18.5. The molecule has 1 aliphatic heterocycles. The third-order valence-electron chi connectivity index (χ3n) is 3.94. The molecular weight excluding hydrogens is 312 g/mol. The van der Waals surface area contributed by atoms with E-state index >= 15 is 0 Å². The van der Waals surface area contributed by atoms with Gasteiger partial charge in [-0.2, -0.15) is 0 Å². The molecule has 1 aliphatic rings. The number of carbonyl (C=O) groups is 3. The molecule has 0 aromatic rings. The van der Waals surface area contributed by atoms with Gasteiger partial charge in [-0.25, -0.2) is 4.79 Å². The van der Waals surface area contributed by atoms with Crippen molar-refractivity contribution in [3.05, 3.63) is 0 Å². The van der Waals surface area contributed by atoms with E-state index in [0.29, 0.717) is 25.3 Å². The molecule has 1 atom stereocenters. The molecular formula is C17H30N2O5. The van der Waals surface area contributed by atoms with Crippen molar-refractivity contribution in [1.29, 1.82) is 0 Å². The van der Waals surface area contributed by atoms with Crippen molar-refractivity contribution in [2.45, 2.75) is 65.0 Å². The molecule has 1 heterocycles. The molecule has 0 spiro atoms. The molecule has 7 heteroatoms. The molecule has 0 aliphatic carbocycles. The predicted octanol–water partition coefficient (Wildman–Crippen LogP) is 2.09. The number of rotatable bonds is 6. The Balaban J connectivity index is 2.89. The van der Waals surface area contributed by atoms with Gasteiger partial charge in [-0.3, -0.25) is 9.59 Å². The van der Waals surface area contributed by atoms with Gasteiger partial charge in [0.1, 0.15) is 17.7 Å². The second-order valence-electron chi connectivity index (χ2n) is 7.69. The van der Waals surface area contributed by atoms with E-state index in [-0.39, 0.29) is 12.5 Å². The third kappa shape index (κ3) is 5.69. The van der Waals surface area contributed by atoms with E-state index in [2.05, 4.69) is 23.9 Å². The normalized spacial score (nSPS) is 21.1. The largest absolute Gasteiger partial charge is 0.468 e. The highest BCUT2D eigenvalue weighted by Crippen LogP contribution is 2.30. The van der Waals surface area contributed by atoms with Gasteiger partial charge in [0.15, 0.2) is 0 Å². The minimum atomic E-state index is -1.01. The number of nitrogens with one attached hydrogen (secondary N) is 1. The summed E-state index contributed by atoms with van der Waals surface area (Å²) in [6.45, 7) is 9.74. The molecule has 1 fully saturated rings. The van der Waals surface area contributed by atoms with Crippen molar-refractivity contribution >= 4 is 18.0 Å². The fraction of sp³-hybridized carbons (Fsp3) is 0.824. The Bertz CT molecular complexity index is 484. The van der Waals surface area contributed by atoms with Crippen LogP contribution in [0.25, 0.3) is 0 Å². The Morgan fingerprint density at radius 3 is 2.46 bits per heavy atom. The van der Waals surface area contributed by atoms with Gasteiger partial charge in [0.2, 0.25) is 5.91 Å². The number of nitrogens with zero attached hydrogens (tertiary/aromatic N) is 1. The molecule has 7 nitrogen and oxygen atoms in total. The Kier molecular flexibility index (Phi) is 6.63. The van der Waals surface area contributed by atoms with Crippen molar-refractivity contribution in [3.63, 3.8) is 0 Å². The lowest BCUT2D eigenvalue weighted by Gasteiger charge is -2.31. The van der Waals surface area contributed by atoms with Crippen LogP contribution in [0.15, 0.2) is 0 Å². The van der Waals surface area contributed by atoms with Crippen LogP contribution in [0.1, 0.15) is 53.9 Å². The molecule has 1 saturated heterocycles. The highest BCUT2D eigenvalue weighted by Gasteiger charge is 2.48. The van der Waals surface area contributed by atoms with Gasteiger partial charge < -0.3 is 19.7 Å². The molecule has 0 aromatic carbocycles. The molecule has 0 bridgehead atoms. The fourth-order valence-electron chi connectivity index (χ4n) is 2.65. The quantitative estimate of drug-likeness (QED) is 0.747. The van der Waals surface area contributed by atoms with Crippen molar-refractivity contribution in [3.8, 4) is 0 Å². The highest BCUT2D eigenvalue weighted by molar-refractivity contribution is 5.93. The van der Waals surface area contributed by atoms with E-state index in [1.807, 2.05) is 0 Å². The number of esters is 1. The van der Waals surface area contributed by atoms with Crippen molar-refractivity contribution in [1.82, 2.24) is 10.2 Å². The summed E-state index contributed by atoms with van der Waals surface area (Å²) in [6.07, 6.45) is 1.14. The van der Waals surface area contributed by atoms with E-state index in [9.17, 15) is 14.4 Å². The van der Waals surface area contributed by atoms with E-state index < -0.39 is 23.2 Å². The van der Waals surface area contributed by atoms with E-state index in [0.717, 1.165) is 6.42 Å². The van der Waals surface area contributed by atoms with Crippen LogP contribution in [0.5, 0.6) is 0 Å². The standard InChI is InChI=1S/C17H30N2O5/c1-12(2)7-8-17(18-15(22)24-16(3,4)5)9-10-19(14(17)21)11-13(20)23-6/h12H,7-11H2,1-6H3,(H,18,22)/t17-/m1/s1. The van der Waals surface area contributed by atoms with Crippen LogP contribution in [0.2, 0.25) is 0 Å².